The number of hydrogen-bond acceptors (Lipinski definition) is 6. The Morgan fingerprint density at radius 2 is 2.03 bits per heavy atom. The molecule has 1 amide bonds. The lowest BCUT2D eigenvalue weighted by Gasteiger charge is -2.01. The molecular weight excluding hydrogens is 515 g/mol. The van der Waals surface area contributed by atoms with Crippen LogP contribution in [-0.2, 0) is 6.42 Å². The van der Waals surface area contributed by atoms with E-state index in [1.165, 1.54) is 11.3 Å². The molecule has 3 aromatic heterocycles. The zero-order chi connectivity index (χ0) is 20.9. The summed E-state index contributed by atoms with van der Waals surface area (Å²) in [5, 5.41) is 17.8. The number of hydrazone groups is 1. The maximum atomic E-state index is 10.5. The maximum Gasteiger partial charge on any atom is 0.404 e. The van der Waals surface area contributed by atoms with Crippen molar-refractivity contribution >= 4 is 57.6 Å². The van der Waals surface area contributed by atoms with Crippen molar-refractivity contribution in [2.45, 2.75) is 6.42 Å². The van der Waals surface area contributed by atoms with E-state index in [0.29, 0.717) is 13.0 Å². The summed E-state index contributed by atoms with van der Waals surface area (Å²) >= 11 is 3.74. The highest BCUT2D eigenvalue weighted by Gasteiger charge is 2.05. The number of thiazole rings is 1. The van der Waals surface area contributed by atoms with E-state index in [0.717, 1.165) is 36.9 Å². The second kappa shape index (κ2) is 9.22. The van der Waals surface area contributed by atoms with Gasteiger partial charge in [-0.15, -0.1) is 11.3 Å². The monoisotopic (exact) mass is 532 g/mol. The summed E-state index contributed by atoms with van der Waals surface area (Å²) in [5.41, 5.74) is 7.55. The minimum absolute atomic E-state index is 0.339. The molecule has 0 aliphatic rings. The quantitative estimate of drug-likeness (QED) is 0.187. The molecule has 8 nitrogen and oxygen atoms in total. The van der Waals surface area contributed by atoms with Gasteiger partial charge in [0.2, 0.25) is 0 Å². The fourth-order valence-corrected chi connectivity index (χ4v) is 3.97. The predicted molar refractivity (Wildman–Crippen MR) is 126 cm³/mol. The number of hydrogen-bond donors (Lipinski definition) is 3. The van der Waals surface area contributed by atoms with Crippen LogP contribution in [0.4, 0.5) is 10.5 Å². The Morgan fingerprint density at radius 1 is 1.20 bits per heavy atom. The van der Waals surface area contributed by atoms with Crippen LogP contribution in [0.3, 0.4) is 0 Å². The van der Waals surface area contributed by atoms with Crippen molar-refractivity contribution in [1.29, 1.82) is 0 Å². The third-order valence-electron chi connectivity index (χ3n) is 4.19. The van der Waals surface area contributed by atoms with E-state index >= 15 is 0 Å². The van der Waals surface area contributed by atoms with Crippen molar-refractivity contribution in [3.8, 4) is 11.3 Å². The average Bonchev–Trinajstić information content (AvgIpc) is 3.35. The number of nitrogens with one attached hydrogen (secondary N) is 2. The molecular formula is C20H17IN6O2S. The molecule has 0 fully saturated rings. The van der Waals surface area contributed by atoms with Gasteiger partial charge < -0.3 is 14.8 Å². The normalized spacial score (nSPS) is 11.2. The first kappa shape index (κ1) is 20.3. The number of pyridine rings is 1. The number of halogens is 1. The molecule has 0 unspecified atom stereocenters. The van der Waals surface area contributed by atoms with Crippen LogP contribution in [-0.4, -0.2) is 38.3 Å². The molecule has 0 aliphatic carbocycles. The van der Waals surface area contributed by atoms with Crippen LogP contribution < -0.4 is 10.7 Å². The average molecular weight is 532 g/mol. The molecule has 0 atom stereocenters. The fourth-order valence-electron chi connectivity index (χ4n) is 2.78. The van der Waals surface area contributed by atoms with Crippen LogP contribution in [0.2, 0.25) is 0 Å². The van der Waals surface area contributed by atoms with Crippen molar-refractivity contribution in [2.24, 2.45) is 5.10 Å². The molecule has 0 spiro atoms. The van der Waals surface area contributed by atoms with Gasteiger partial charge in [0.25, 0.3) is 0 Å². The Balaban J connectivity index is 1.35. The smallest absolute Gasteiger partial charge is 0.404 e. The van der Waals surface area contributed by atoms with Gasteiger partial charge >= 0.3 is 6.09 Å². The summed E-state index contributed by atoms with van der Waals surface area (Å²) in [7, 11) is 0. The van der Waals surface area contributed by atoms with Crippen LogP contribution in [0.15, 0.2) is 59.3 Å². The number of benzene rings is 1. The molecule has 3 N–H and O–H groups in total. The summed E-state index contributed by atoms with van der Waals surface area (Å²) in [6, 6.07) is 11.9. The molecule has 0 aliphatic heterocycles. The lowest BCUT2D eigenvalue weighted by molar-refractivity contribution is 0.194. The Labute approximate surface area is 189 Å². The zero-order valence-electron chi connectivity index (χ0n) is 15.6. The van der Waals surface area contributed by atoms with Gasteiger partial charge in [0.1, 0.15) is 10.7 Å². The number of nitrogens with zero attached hydrogens (tertiary/aromatic N) is 4. The van der Waals surface area contributed by atoms with Gasteiger partial charge in [-0.3, -0.25) is 5.43 Å². The highest BCUT2D eigenvalue weighted by Crippen LogP contribution is 2.22. The Kier molecular flexibility index (Phi) is 6.23. The van der Waals surface area contributed by atoms with Gasteiger partial charge in [-0.1, -0.05) is 12.1 Å². The lowest BCUT2D eigenvalue weighted by atomic mass is 10.1. The number of anilines is 1. The minimum atomic E-state index is -1.03. The van der Waals surface area contributed by atoms with E-state index in [4.69, 9.17) is 5.11 Å². The molecule has 1 aromatic carbocycles. The third kappa shape index (κ3) is 5.13. The number of carboxylic acid groups (broad SMARTS) is 1. The molecule has 3 heterocycles. The van der Waals surface area contributed by atoms with E-state index in [1.807, 2.05) is 58.6 Å². The first-order valence-electron chi connectivity index (χ1n) is 9.02. The van der Waals surface area contributed by atoms with Crippen molar-refractivity contribution < 1.29 is 9.90 Å². The number of aromatic nitrogens is 3. The maximum absolute atomic E-state index is 10.5. The van der Waals surface area contributed by atoms with Gasteiger partial charge in [0.15, 0.2) is 0 Å². The van der Waals surface area contributed by atoms with Gasteiger partial charge in [-0.2, -0.15) is 5.10 Å². The Bertz CT molecular complexity index is 1200. The van der Waals surface area contributed by atoms with Crippen LogP contribution >= 0.6 is 33.9 Å². The topological polar surface area (TPSA) is 104 Å². The van der Waals surface area contributed by atoms with Crippen LogP contribution in [0, 0.1) is 3.57 Å². The third-order valence-corrected chi connectivity index (χ3v) is 5.66. The largest absolute Gasteiger partial charge is 0.465 e. The van der Waals surface area contributed by atoms with Gasteiger partial charge in [0.05, 0.1) is 23.3 Å². The molecule has 0 saturated heterocycles. The van der Waals surface area contributed by atoms with E-state index in [9.17, 15) is 4.79 Å². The van der Waals surface area contributed by atoms with E-state index < -0.39 is 6.09 Å². The molecule has 0 saturated carbocycles. The van der Waals surface area contributed by atoms with Gasteiger partial charge in [0, 0.05) is 39.9 Å². The highest BCUT2D eigenvalue weighted by atomic mass is 127. The summed E-state index contributed by atoms with van der Waals surface area (Å²) < 4.78 is 3.18. The molecule has 30 heavy (non-hydrogen) atoms. The van der Waals surface area contributed by atoms with Crippen LogP contribution in [0.5, 0.6) is 0 Å². The lowest BCUT2D eigenvalue weighted by Crippen LogP contribution is -2.23. The van der Waals surface area contributed by atoms with Gasteiger partial charge in [-0.25, -0.2) is 14.8 Å². The van der Waals surface area contributed by atoms with Crippen LogP contribution in [0.1, 0.15) is 10.7 Å². The van der Waals surface area contributed by atoms with Crippen molar-refractivity contribution in [3.05, 3.63) is 68.4 Å². The Morgan fingerprint density at radius 3 is 2.83 bits per heavy atom. The number of rotatable bonds is 7. The molecule has 10 heteroatoms. The summed E-state index contributed by atoms with van der Waals surface area (Å²) in [6.45, 7) is 0.339. The predicted octanol–water partition coefficient (Wildman–Crippen LogP) is 4.32. The SMILES string of the molecule is O=C(O)NCCc1csc(C=NNc2ccc(-c3cn4cc(I)ccc4n3)cc2)n1. The number of fused-ring (bicyclic) bond motifs is 1. The fraction of sp³-hybridized carbons (Fsp3) is 0.100. The zero-order valence-corrected chi connectivity index (χ0v) is 18.6. The summed E-state index contributed by atoms with van der Waals surface area (Å²) in [6.07, 6.45) is 5.23. The van der Waals surface area contributed by atoms with Crippen LogP contribution in [0.25, 0.3) is 16.9 Å². The van der Waals surface area contributed by atoms with E-state index in [-0.39, 0.29) is 0 Å². The molecule has 4 aromatic rings. The van der Waals surface area contributed by atoms with E-state index in [1.54, 1.807) is 6.21 Å². The standard InChI is InChI=1S/C20H17IN6O2S/c21-14-3-6-18-25-17(11-27(18)10-14)13-1-4-15(5-2-13)26-23-9-19-24-16(12-30-19)7-8-22-20(28)29/h1-6,9-12,22,26H,7-8H2,(H,28,29). The second-order valence-corrected chi connectivity index (χ2v) is 8.48. The first-order valence-corrected chi connectivity index (χ1v) is 11.0. The van der Waals surface area contributed by atoms with Crippen molar-refractivity contribution in [2.75, 3.05) is 12.0 Å². The van der Waals surface area contributed by atoms with Crippen molar-refractivity contribution in [3.63, 3.8) is 0 Å². The summed E-state index contributed by atoms with van der Waals surface area (Å²) in [4.78, 5) is 19.5. The summed E-state index contributed by atoms with van der Waals surface area (Å²) in [5.74, 6) is 0. The Hall–Kier alpha value is -2.99. The van der Waals surface area contributed by atoms with Gasteiger partial charge in [-0.05, 0) is 46.9 Å². The highest BCUT2D eigenvalue weighted by molar-refractivity contribution is 14.1. The van der Waals surface area contributed by atoms with E-state index in [2.05, 4.69) is 48.4 Å². The van der Waals surface area contributed by atoms with Crippen molar-refractivity contribution in [1.82, 2.24) is 19.7 Å². The first-order chi connectivity index (χ1) is 14.6. The molecule has 0 radical (unpaired) electrons. The molecule has 152 valence electrons. The molecule has 4 rings (SSSR count). The number of imidazole rings is 1. The second-order valence-electron chi connectivity index (χ2n) is 6.35. The number of amides is 1. The number of carbonyl (C=O) groups is 1. The molecule has 0 bridgehead atoms. The minimum Gasteiger partial charge on any atom is -0.465 e.